The van der Waals surface area contributed by atoms with Crippen LogP contribution < -0.4 is 20.3 Å². The molecule has 0 bridgehead atoms. The fourth-order valence-corrected chi connectivity index (χ4v) is 3.43. The molecule has 150 valence electrons. The molecule has 0 aliphatic heterocycles. The maximum Gasteiger partial charge on any atom is 0.276 e. The zero-order chi connectivity index (χ0) is 20.8. The number of nitrogens with one attached hydrogen (secondary N) is 2. The molecule has 6 nitrogen and oxygen atoms in total. The number of hydrogen-bond donors (Lipinski definition) is 2. The van der Waals surface area contributed by atoms with Crippen molar-refractivity contribution in [2.24, 2.45) is 0 Å². The van der Waals surface area contributed by atoms with E-state index in [0.29, 0.717) is 16.5 Å². The first-order valence-electron chi connectivity index (χ1n) is 8.70. The Hall–Kier alpha value is -2.77. The second kappa shape index (κ2) is 9.62. The van der Waals surface area contributed by atoms with Gasteiger partial charge >= 0.3 is 0 Å². The molecular formula is C21H18BrClN2O4. The van der Waals surface area contributed by atoms with Gasteiger partial charge < -0.3 is 9.47 Å². The number of halogens is 2. The Morgan fingerprint density at radius 1 is 0.931 bits per heavy atom. The SMILES string of the molecule is Cc1cc(Cl)ccc1OCC(=O)NNC(=O)COc1ccc2ccccc2c1Br. The number of carbonyl (C=O) groups excluding carboxylic acids is 2. The van der Waals surface area contributed by atoms with E-state index in [1.54, 1.807) is 24.3 Å². The van der Waals surface area contributed by atoms with Crippen LogP contribution in [0, 0.1) is 6.92 Å². The summed E-state index contributed by atoms with van der Waals surface area (Å²) in [4.78, 5) is 23.8. The molecule has 0 aromatic heterocycles. The van der Waals surface area contributed by atoms with E-state index in [-0.39, 0.29) is 13.2 Å². The summed E-state index contributed by atoms with van der Waals surface area (Å²) in [6.45, 7) is 1.32. The monoisotopic (exact) mass is 476 g/mol. The zero-order valence-electron chi connectivity index (χ0n) is 15.5. The average Bonchev–Trinajstić information content (AvgIpc) is 2.71. The largest absolute Gasteiger partial charge is 0.483 e. The second-order valence-electron chi connectivity index (χ2n) is 6.18. The number of aryl methyl sites for hydroxylation is 1. The van der Waals surface area contributed by atoms with E-state index in [2.05, 4.69) is 26.8 Å². The lowest BCUT2D eigenvalue weighted by molar-refractivity contribution is -0.131. The van der Waals surface area contributed by atoms with Crippen LogP contribution in [-0.4, -0.2) is 25.0 Å². The Labute approximate surface area is 181 Å². The maximum absolute atomic E-state index is 11.9. The Morgan fingerprint density at radius 2 is 1.55 bits per heavy atom. The van der Waals surface area contributed by atoms with Gasteiger partial charge in [0.05, 0.1) is 4.47 Å². The van der Waals surface area contributed by atoms with Crippen molar-refractivity contribution >= 4 is 50.1 Å². The van der Waals surface area contributed by atoms with Crippen molar-refractivity contribution in [2.45, 2.75) is 6.92 Å². The van der Waals surface area contributed by atoms with Crippen LogP contribution in [0.25, 0.3) is 10.8 Å². The highest BCUT2D eigenvalue weighted by Crippen LogP contribution is 2.32. The first-order chi connectivity index (χ1) is 13.9. The summed E-state index contributed by atoms with van der Waals surface area (Å²) in [5.74, 6) is 0.0766. The topological polar surface area (TPSA) is 76.7 Å². The van der Waals surface area contributed by atoms with E-state index in [4.69, 9.17) is 21.1 Å². The number of benzene rings is 3. The standard InChI is InChI=1S/C21H18BrClN2O4/c1-13-10-15(23)7-9-17(13)28-11-19(26)24-25-20(27)12-29-18-8-6-14-4-2-3-5-16(14)21(18)22/h2-10H,11-12H2,1H3,(H,24,26)(H,25,27). The van der Waals surface area contributed by atoms with E-state index in [9.17, 15) is 9.59 Å². The summed E-state index contributed by atoms with van der Waals surface area (Å²) in [7, 11) is 0. The lowest BCUT2D eigenvalue weighted by Crippen LogP contribution is -2.45. The molecule has 0 saturated carbocycles. The molecule has 3 rings (SSSR count). The minimum absolute atomic E-state index is 0.250. The van der Waals surface area contributed by atoms with Crippen LogP contribution in [0.3, 0.4) is 0 Å². The Morgan fingerprint density at radius 3 is 2.24 bits per heavy atom. The number of carbonyl (C=O) groups is 2. The third kappa shape index (κ3) is 5.62. The van der Waals surface area contributed by atoms with Gasteiger partial charge in [-0.15, -0.1) is 0 Å². The predicted molar refractivity (Wildman–Crippen MR) is 115 cm³/mol. The van der Waals surface area contributed by atoms with E-state index in [0.717, 1.165) is 20.8 Å². The van der Waals surface area contributed by atoms with Crippen molar-refractivity contribution in [3.05, 3.63) is 69.7 Å². The minimum Gasteiger partial charge on any atom is -0.483 e. The van der Waals surface area contributed by atoms with Gasteiger partial charge in [0.2, 0.25) is 0 Å². The summed E-state index contributed by atoms with van der Waals surface area (Å²) < 4.78 is 11.7. The molecule has 0 saturated heterocycles. The summed E-state index contributed by atoms with van der Waals surface area (Å²) in [6.07, 6.45) is 0. The van der Waals surface area contributed by atoms with Gasteiger partial charge in [0.25, 0.3) is 11.8 Å². The number of rotatable bonds is 6. The third-order valence-electron chi connectivity index (χ3n) is 4.02. The number of hydrogen-bond acceptors (Lipinski definition) is 4. The van der Waals surface area contributed by atoms with Crippen molar-refractivity contribution < 1.29 is 19.1 Å². The molecular weight excluding hydrogens is 460 g/mol. The molecule has 0 aliphatic rings. The molecule has 3 aromatic rings. The van der Waals surface area contributed by atoms with Crippen molar-refractivity contribution in [3.8, 4) is 11.5 Å². The van der Waals surface area contributed by atoms with Crippen molar-refractivity contribution in [3.63, 3.8) is 0 Å². The van der Waals surface area contributed by atoms with E-state index < -0.39 is 11.8 Å². The molecule has 0 unspecified atom stereocenters. The van der Waals surface area contributed by atoms with Crippen LogP contribution >= 0.6 is 27.5 Å². The molecule has 0 aliphatic carbocycles. The lowest BCUT2D eigenvalue weighted by Gasteiger charge is -2.12. The van der Waals surface area contributed by atoms with Crippen LogP contribution in [0.15, 0.2) is 59.1 Å². The van der Waals surface area contributed by atoms with Crippen molar-refractivity contribution in [2.75, 3.05) is 13.2 Å². The van der Waals surface area contributed by atoms with E-state index in [1.807, 2.05) is 37.3 Å². The van der Waals surface area contributed by atoms with Gasteiger partial charge in [-0.3, -0.25) is 20.4 Å². The van der Waals surface area contributed by atoms with Crippen molar-refractivity contribution in [1.29, 1.82) is 0 Å². The van der Waals surface area contributed by atoms with Crippen molar-refractivity contribution in [1.82, 2.24) is 10.9 Å². The molecule has 0 radical (unpaired) electrons. The highest BCUT2D eigenvalue weighted by atomic mass is 79.9. The molecule has 29 heavy (non-hydrogen) atoms. The van der Waals surface area contributed by atoms with Crippen LogP contribution in [0.2, 0.25) is 5.02 Å². The number of amides is 2. The summed E-state index contributed by atoms with van der Waals surface area (Å²) in [6, 6.07) is 16.6. The zero-order valence-corrected chi connectivity index (χ0v) is 17.8. The third-order valence-corrected chi connectivity index (χ3v) is 5.08. The minimum atomic E-state index is -0.500. The van der Waals surface area contributed by atoms with Gasteiger partial charge in [-0.25, -0.2) is 0 Å². The smallest absolute Gasteiger partial charge is 0.276 e. The molecule has 0 atom stereocenters. The normalized spacial score (nSPS) is 10.4. The molecule has 2 amide bonds. The number of ether oxygens (including phenoxy) is 2. The van der Waals surface area contributed by atoms with Gasteiger partial charge in [0, 0.05) is 5.02 Å². The lowest BCUT2D eigenvalue weighted by atomic mass is 10.1. The molecule has 0 heterocycles. The maximum atomic E-state index is 11.9. The van der Waals surface area contributed by atoms with Crippen LogP contribution in [0.5, 0.6) is 11.5 Å². The van der Waals surface area contributed by atoms with Gasteiger partial charge in [-0.1, -0.05) is 41.9 Å². The fraction of sp³-hybridized carbons (Fsp3) is 0.143. The number of hydrazine groups is 1. The van der Waals surface area contributed by atoms with E-state index in [1.165, 1.54) is 0 Å². The van der Waals surface area contributed by atoms with Gasteiger partial charge in [-0.2, -0.15) is 0 Å². The summed E-state index contributed by atoms with van der Waals surface area (Å²) in [5.41, 5.74) is 5.38. The second-order valence-corrected chi connectivity index (χ2v) is 7.41. The molecule has 2 N–H and O–H groups in total. The molecule has 3 aromatic carbocycles. The van der Waals surface area contributed by atoms with Crippen LogP contribution in [0.4, 0.5) is 0 Å². The first kappa shape index (κ1) is 21.0. The Balaban J connectivity index is 1.45. The van der Waals surface area contributed by atoms with Gasteiger partial charge in [0.15, 0.2) is 13.2 Å². The predicted octanol–water partition coefficient (Wildman–Crippen LogP) is 4.17. The van der Waals surface area contributed by atoms with Crippen LogP contribution in [0.1, 0.15) is 5.56 Å². The molecule has 0 spiro atoms. The van der Waals surface area contributed by atoms with Crippen LogP contribution in [-0.2, 0) is 9.59 Å². The van der Waals surface area contributed by atoms with Gasteiger partial charge in [-0.05, 0) is 63.5 Å². The average molecular weight is 478 g/mol. The summed E-state index contributed by atoms with van der Waals surface area (Å²) in [5, 5.41) is 2.62. The number of fused-ring (bicyclic) bond motifs is 1. The first-order valence-corrected chi connectivity index (χ1v) is 9.88. The highest BCUT2D eigenvalue weighted by molar-refractivity contribution is 9.10. The fourth-order valence-electron chi connectivity index (χ4n) is 2.60. The van der Waals surface area contributed by atoms with Gasteiger partial charge in [0.1, 0.15) is 11.5 Å². The highest BCUT2D eigenvalue weighted by Gasteiger charge is 2.10. The quantitative estimate of drug-likeness (QED) is 0.523. The molecule has 8 heteroatoms. The Kier molecular flexibility index (Phi) is 6.95. The molecule has 0 fully saturated rings. The van der Waals surface area contributed by atoms with E-state index >= 15 is 0 Å². The summed E-state index contributed by atoms with van der Waals surface area (Å²) >= 11 is 9.38. The Bertz CT molecular complexity index is 1060.